The Morgan fingerprint density at radius 3 is 2.29 bits per heavy atom. The summed E-state index contributed by atoms with van der Waals surface area (Å²) in [5.74, 6) is -1.45. The SMILES string of the molecule is CC(C)(C)c1ccc(-n2cc(OCc3ccccc3)c(=O)c(C(=O)O)n2)cc1. The van der Waals surface area contributed by atoms with Gasteiger partial charge in [0.05, 0.1) is 11.9 Å². The zero-order chi connectivity index (χ0) is 20.3. The van der Waals surface area contributed by atoms with Gasteiger partial charge < -0.3 is 9.84 Å². The molecule has 0 atom stereocenters. The first-order valence-corrected chi connectivity index (χ1v) is 8.90. The van der Waals surface area contributed by atoms with E-state index in [0.717, 1.165) is 11.1 Å². The molecule has 6 nitrogen and oxygen atoms in total. The van der Waals surface area contributed by atoms with Crippen molar-refractivity contribution in [1.82, 2.24) is 9.78 Å². The van der Waals surface area contributed by atoms with Crippen LogP contribution in [0, 0.1) is 0 Å². The maximum absolute atomic E-state index is 12.4. The summed E-state index contributed by atoms with van der Waals surface area (Å²) in [7, 11) is 0. The standard InChI is InChI=1S/C22H22N2O4/c1-22(2,3)16-9-11-17(12-10-16)24-13-18(20(25)19(23-24)21(26)27)28-14-15-7-5-4-6-8-15/h4-13H,14H2,1-3H3,(H,26,27). The smallest absolute Gasteiger partial charge is 0.360 e. The van der Waals surface area contributed by atoms with Crippen LogP contribution in [0.4, 0.5) is 0 Å². The van der Waals surface area contributed by atoms with E-state index in [1.54, 1.807) is 0 Å². The van der Waals surface area contributed by atoms with Crippen LogP contribution in [0.1, 0.15) is 42.4 Å². The molecule has 0 aliphatic rings. The average molecular weight is 378 g/mol. The molecule has 1 N–H and O–H groups in total. The van der Waals surface area contributed by atoms with Crippen LogP contribution in [-0.4, -0.2) is 20.9 Å². The minimum absolute atomic E-state index is 0.00825. The third kappa shape index (κ3) is 4.28. The van der Waals surface area contributed by atoms with Gasteiger partial charge in [0.15, 0.2) is 5.75 Å². The number of rotatable bonds is 5. The van der Waals surface area contributed by atoms with Crippen molar-refractivity contribution in [3.8, 4) is 11.4 Å². The van der Waals surface area contributed by atoms with E-state index in [1.807, 2.05) is 54.6 Å². The van der Waals surface area contributed by atoms with Gasteiger partial charge in [-0.1, -0.05) is 63.2 Å². The number of benzene rings is 2. The summed E-state index contributed by atoms with van der Waals surface area (Å²) in [5, 5.41) is 13.3. The van der Waals surface area contributed by atoms with E-state index in [9.17, 15) is 14.7 Å². The van der Waals surface area contributed by atoms with Gasteiger partial charge in [-0.25, -0.2) is 9.48 Å². The van der Waals surface area contributed by atoms with Crippen molar-refractivity contribution in [2.45, 2.75) is 32.8 Å². The fourth-order valence-corrected chi connectivity index (χ4v) is 2.69. The van der Waals surface area contributed by atoms with Crippen molar-refractivity contribution >= 4 is 5.97 Å². The van der Waals surface area contributed by atoms with Gasteiger partial charge in [-0.15, -0.1) is 0 Å². The molecule has 0 aliphatic carbocycles. The second-order valence-corrected chi connectivity index (χ2v) is 7.49. The zero-order valence-corrected chi connectivity index (χ0v) is 16.0. The molecule has 3 aromatic rings. The number of hydrogen-bond acceptors (Lipinski definition) is 4. The summed E-state index contributed by atoms with van der Waals surface area (Å²) in [6.07, 6.45) is 1.42. The maximum Gasteiger partial charge on any atom is 0.360 e. The molecule has 144 valence electrons. The zero-order valence-electron chi connectivity index (χ0n) is 16.0. The Balaban J connectivity index is 1.98. The van der Waals surface area contributed by atoms with Gasteiger partial charge in [-0.2, -0.15) is 5.10 Å². The Hall–Kier alpha value is -3.41. The lowest BCUT2D eigenvalue weighted by Gasteiger charge is -2.19. The van der Waals surface area contributed by atoms with E-state index in [-0.39, 0.29) is 17.8 Å². The van der Waals surface area contributed by atoms with Gasteiger partial charge in [0.1, 0.15) is 6.61 Å². The predicted octanol–water partition coefficient (Wildman–Crippen LogP) is 3.81. The summed E-state index contributed by atoms with van der Waals surface area (Å²) in [4.78, 5) is 23.9. The van der Waals surface area contributed by atoms with Crippen molar-refractivity contribution in [2.75, 3.05) is 0 Å². The van der Waals surface area contributed by atoms with E-state index in [2.05, 4.69) is 25.9 Å². The first-order chi connectivity index (χ1) is 13.3. The number of ether oxygens (including phenoxy) is 1. The molecule has 6 heteroatoms. The summed E-state index contributed by atoms with van der Waals surface area (Å²) < 4.78 is 6.98. The van der Waals surface area contributed by atoms with E-state index in [0.29, 0.717) is 5.69 Å². The Bertz CT molecular complexity index is 1030. The van der Waals surface area contributed by atoms with E-state index >= 15 is 0 Å². The fraction of sp³-hybridized carbons (Fsp3) is 0.227. The highest BCUT2D eigenvalue weighted by molar-refractivity contribution is 5.85. The van der Waals surface area contributed by atoms with E-state index in [1.165, 1.54) is 10.9 Å². The number of carboxylic acids is 1. The molecule has 0 fully saturated rings. The second-order valence-electron chi connectivity index (χ2n) is 7.49. The van der Waals surface area contributed by atoms with Gasteiger partial charge in [-0.05, 0) is 28.7 Å². The minimum atomic E-state index is -1.39. The van der Waals surface area contributed by atoms with Crippen molar-refractivity contribution in [1.29, 1.82) is 0 Å². The summed E-state index contributed by atoms with van der Waals surface area (Å²) >= 11 is 0. The molecule has 0 amide bonds. The van der Waals surface area contributed by atoms with Crippen LogP contribution < -0.4 is 10.2 Å². The molecule has 1 aromatic heterocycles. The fourth-order valence-electron chi connectivity index (χ4n) is 2.69. The number of hydrogen-bond donors (Lipinski definition) is 1. The number of aromatic carboxylic acids is 1. The molecule has 0 bridgehead atoms. The highest BCUT2D eigenvalue weighted by Crippen LogP contribution is 2.23. The third-order valence-electron chi connectivity index (χ3n) is 4.32. The van der Waals surface area contributed by atoms with Crippen molar-refractivity contribution in [2.24, 2.45) is 0 Å². The normalized spacial score (nSPS) is 11.2. The molecule has 3 rings (SSSR count). The summed E-state index contributed by atoms with van der Waals surface area (Å²) in [6.45, 7) is 6.48. The Kier molecular flexibility index (Phi) is 5.31. The van der Waals surface area contributed by atoms with Crippen LogP contribution >= 0.6 is 0 Å². The minimum Gasteiger partial charge on any atom is -0.483 e. The highest BCUT2D eigenvalue weighted by atomic mass is 16.5. The average Bonchev–Trinajstić information content (AvgIpc) is 2.67. The number of carbonyl (C=O) groups is 1. The quantitative estimate of drug-likeness (QED) is 0.730. The molecule has 0 spiro atoms. The molecular formula is C22H22N2O4. The van der Waals surface area contributed by atoms with Crippen LogP contribution in [0.15, 0.2) is 65.6 Å². The number of carboxylic acid groups (broad SMARTS) is 1. The van der Waals surface area contributed by atoms with Crippen LogP contribution in [0.2, 0.25) is 0 Å². The Morgan fingerprint density at radius 1 is 1.07 bits per heavy atom. The number of nitrogens with zero attached hydrogens (tertiary/aromatic N) is 2. The first-order valence-electron chi connectivity index (χ1n) is 8.90. The van der Waals surface area contributed by atoms with Crippen LogP contribution in [0.25, 0.3) is 5.69 Å². The van der Waals surface area contributed by atoms with Crippen LogP contribution in [-0.2, 0) is 12.0 Å². The highest BCUT2D eigenvalue weighted by Gasteiger charge is 2.18. The molecule has 2 aromatic carbocycles. The maximum atomic E-state index is 12.4. The van der Waals surface area contributed by atoms with E-state index < -0.39 is 17.1 Å². The molecule has 0 saturated carbocycles. The molecule has 28 heavy (non-hydrogen) atoms. The summed E-state index contributed by atoms with van der Waals surface area (Å²) in [6, 6.07) is 16.9. The van der Waals surface area contributed by atoms with Gasteiger partial charge in [-0.3, -0.25) is 4.79 Å². The van der Waals surface area contributed by atoms with Gasteiger partial charge in [0.2, 0.25) is 5.69 Å². The number of aromatic nitrogens is 2. The lowest BCUT2D eigenvalue weighted by Crippen LogP contribution is -2.23. The van der Waals surface area contributed by atoms with Crippen molar-refractivity contribution in [3.63, 3.8) is 0 Å². The van der Waals surface area contributed by atoms with Crippen molar-refractivity contribution in [3.05, 3.63) is 87.8 Å². The van der Waals surface area contributed by atoms with Gasteiger partial charge >= 0.3 is 5.97 Å². The molecular weight excluding hydrogens is 356 g/mol. The van der Waals surface area contributed by atoms with Crippen LogP contribution in [0.5, 0.6) is 5.75 Å². The van der Waals surface area contributed by atoms with Gasteiger partial charge in [0, 0.05) is 0 Å². The molecule has 0 radical (unpaired) electrons. The monoisotopic (exact) mass is 378 g/mol. The topological polar surface area (TPSA) is 81.4 Å². The molecule has 1 heterocycles. The lowest BCUT2D eigenvalue weighted by molar-refractivity contribution is 0.0685. The Labute approximate surface area is 163 Å². The van der Waals surface area contributed by atoms with Gasteiger partial charge in [0.25, 0.3) is 5.43 Å². The third-order valence-corrected chi connectivity index (χ3v) is 4.32. The first kappa shape index (κ1) is 19.4. The van der Waals surface area contributed by atoms with Crippen molar-refractivity contribution < 1.29 is 14.6 Å². The predicted molar refractivity (Wildman–Crippen MR) is 106 cm³/mol. The molecule has 0 aliphatic heterocycles. The molecule has 0 saturated heterocycles. The Morgan fingerprint density at radius 2 is 1.71 bits per heavy atom. The van der Waals surface area contributed by atoms with E-state index in [4.69, 9.17) is 4.74 Å². The molecule has 0 unspecified atom stereocenters. The van der Waals surface area contributed by atoms with Crippen LogP contribution in [0.3, 0.4) is 0 Å². The lowest BCUT2D eigenvalue weighted by atomic mass is 9.87. The largest absolute Gasteiger partial charge is 0.483 e. The summed E-state index contributed by atoms with van der Waals surface area (Å²) in [5.41, 5.74) is 1.32. The second kappa shape index (κ2) is 7.68.